The summed E-state index contributed by atoms with van der Waals surface area (Å²) >= 11 is 1.15. The van der Waals surface area contributed by atoms with Gasteiger partial charge in [0.1, 0.15) is 10.8 Å². The summed E-state index contributed by atoms with van der Waals surface area (Å²) in [5.74, 6) is -1.01. The van der Waals surface area contributed by atoms with Crippen molar-refractivity contribution in [3.8, 4) is 0 Å². The van der Waals surface area contributed by atoms with Crippen molar-refractivity contribution in [2.45, 2.75) is 55.4 Å². The molecule has 0 aliphatic carbocycles. The van der Waals surface area contributed by atoms with Crippen molar-refractivity contribution >= 4 is 33.8 Å². The van der Waals surface area contributed by atoms with Crippen LogP contribution in [0, 0.1) is 25.1 Å². The van der Waals surface area contributed by atoms with E-state index in [-0.39, 0.29) is 23.6 Å². The number of ketones is 1. The predicted octanol–water partition coefficient (Wildman–Crippen LogP) is 6.68. The molecule has 28 heavy (non-hydrogen) atoms. The molecule has 0 saturated heterocycles. The Bertz CT molecular complexity index is 850. The maximum absolute atomic E-state index is 14.2. The second-order valence-corrected chi connectivity index (χ2v) is 8.19. The maximum Gasteiger partial charge on any atom is 0.341 e. The molecule has 6 heteroatoms. The zero-order chi connectivity index (χ0) is 21.6. The van der Waals surface area contributed by atoms with E-state index in [1.807, 2.05) is 34.6 Å². The van der Waals surface area contributed by atoms with E-state index in [0.29, 0.717) is 15.4 Å². The fraction of sp³-hybridized carbons (Fsp3) is 0.455. The lowest BCUT2D eigenvalue weighted by Gasteiger charge is -2.15. The van der Waals surface area contributed by atoms with E-state index in [1.54, 1.807) is 32.9 Å². The van der Waals surface area contributed by atoms with Crippen molar-refractivity contribution in [1.82, 2.24) is 0 Å². The SMILES string of the molecule is CC.CCOC(=O)c1c(Nc2ccc(C)cc2F)sc(C(=O)C(C)(C)C)c1C. The van der Waals surface area contributed by atoms with Gasteiger partial charge in [-0.25, -0.2) is 9.18 Å². The molecule has 1 heterocycles. The Kier molecular flexibility index (Phi) is 8.36. The number of carbonyl (C=O) groups excluding carboxylic acids is 2. The van der Waals surface area contributed by atoms with E-state index in [2.05, 4.69) is 5.32 Å². The fourth-order valence-electron chi connectivity index (χ4n) is 2.45. The van der Waals surface area contributed by atoms with E-state index in [9.17, 15) is 14.0 Å². The Labute approximate surface area is 171 Å². The van der Waals surface area contributed by atoms with E-state index >= 15 is 0 Å². The van der Waals surface area contributed by atoms with Crippen LogP contribution in [-0.2, 0) is 4.74 Å². The number of carbonyl (C=O) groups is 2. The van der Waals surface area contributed by atoms with Gasteiger partial charge in [-0.2, -0.15) is 0 Å². The van der Waals surface area contributed by atoms with Crippen LogP contribution in [0.25, 0.3) is 0 Å². The molecule has 0 unspecified atom stereocenters. The van der Waals surface area contributed by atoms with Crippen molar-refractivity contribution in [1.29, 1.82) is 0 Å². The Morgan fingerprint density at radius 3 is 2.29 bits per heavy atom. The minimum absolute atomic E-state index is 0.0667. The van der Waals surface area contributed by atoms with Gasteiger partial charge in [0.05, 0.1) is 22.7 Å². The van der Waals surface area contributed by atoms with Gasteiger partial charge in [-0.15, -0.1) is 11.3 Å². The molecule has 154 valence electrons. The van der Waals surface area contributed by atoms with E-state index in [4.69, 9.17) is 4.74 Å². The lowest BCUT2D eigenvalue weighted by molar-refractivity contribution is 0.0527. The van der Waals surface area contributed by atoms with Crippen molar-refractivity contribution < 1.29 is 18.7 Å². The molecular weight excluding hydrogens is 377 g/mol. The molecule has 1 aromatic heterocycles. The third-order valence-corrected chi connectivity index (χ3v) is 5.09. The summed E-state index contributed by atoms with van der Waals surface area (Å²) in [6, 6.07) is 4.80. The van der Waals surface area contributed by atoms with Gasteiger partial charge in [0.2, 0.25) is 0 Å². The molecule has 0 atom stereocenters. The molecule has 2 aromatic rings. The Hall–Kier alpha value is -2.21. The first-order valence-electron chi connectivity index (χ1n) is 9.44. The number of Topliss-reactive ketones (excluding diaryl/α,β-unsaturated/α-hetero) is 1. The van der Waals surface area contributed by atoms with E-state index in [0.717, 1.165) is 16.9 Å². The van der Waals surface area contributed by atoms with Crippen LogP contribution in [0.4, 0.5) is 15.1 Å². The second kappa shape index (κ2) is 9.82. The van der Waals surface area contributed by atoms with Crippen molar-refractivity contribution in [2.75, 3.05) is 11.9 Å². The summed E-state index contributed by atoms with van der Waals surface area (Å²) in [4.78, 5) is 25.7. The molecule has 4 nitrogen and oxygen atoms in total. The lowest BCUT2D eigenvalue weighted by atomic mass is 9.88. The normalized spacial score (nSPS) is 10.8. The Morgan fingerprint density at radius 2 is 1.79 bits per heavy atom. The molecule has 0 spiro atoms. The molecule has 0 aliphatic heterocycles. The quantitative estimate of drug-likeness (QED) is 0.444. The van der Waals surface area contributed by atoms with Gasteiger partial charge in [-0.05, 0) is 44.0 Å². The summed E-state index contributed by atoms with van der Waals surface area (Å²) < 4.78 is 19.4. The minimum atomic E-state index is -0.589. The van der Waals surface area contributed by atoms with Gasteiger partial charge in [-0.3, -0.25) is 4.79 Å². The van der Waals surface area contributed by atoms with E-state index in [1.165, 1.54) is 6.07 Å². The maximum atomic E-state index is 14.2. The highest BCUT2D eigenvalue weighted by Crippen LogP contribution is 2.39. The van der Waals surface area contributed by atoms with Gasteiger partial charge in [-0.1, -0.05) is 40.7 Å². The molecule has 0 aliphatic rings. The zero-order valence-electron chi connectivity index (χ0n) is 18.0. The average molecular weight is 408 g/mol. The molecule has 1 aromatic carbocycles. The second-order valence-electron chi connectivity index (χ2n) is 7.17. The number of ether oxygens (including phenoxy) is 1. The fourth-order valence-corrected chi connectivity index (χ4v) is 3.81. The van der Waals surface area contributed by atoms with Crippen LogP contribution in [0.1, 0.15) is 72.7 Å². The van der Waals surface area contributed by atoms with Crippen LogP contribution < -0.4 is 5.32 Å². The highest BCUT2D eigenvalue weighted by Gasteiger charge is 2.31. The summed E-state index contributed by atoms with van der Waals surface area (Å²) in [6.45, 7) is 14.9. The van der Waals surface area contributed by atoms with Crippen LogP contribution in [0.5, 0.6) is 0 Å². The Morgan fingerprint density at radius 1 is 1.18 bits per heavy atom. The predicted molar refractivity (Wildman–Crippen MR) is 115 cm³/mol. The highest BCUT2D eigenvalue weighted by atomic mass is 32.1. The largest absolute Gasteiger partial charge is 0.462 e. The van der Waals surface area contributed by atoms with Crippen molar-refractivity contribution in [3.05, 3.63) is 45.6 Å². The number of nitrogens with one attached hydrogen (secondary N) is 1. The number of aryl methyl sites for hydroxylation is 1. The molecule has 0 saturated carbocycles. The van der Waals surface area contributed by atoms with Crippen molar-refractivity contribution in [2.24, 2.45) is 5.41 Å². The lowest BCUT2D eigenvalue weighted by Crippen LogP contribution is -2.20. The summed E-state index contributed by atoms with van der Waals surface area (Å²) in [7, 11) is 0. The molecule has 0 bridgehead atoms. The first-order chi connectivity index (χ1) is 13.1. The number of hydrogen-bond acceptors (Lipinski definition) is 5. The number of rotatable bonds is 5. The summed E-state index contributed by atoms with van der Waals surface area (Å²) in [6.07, 6.45) is 0. The minimum Gasteiger partial charge on any atom is -0.462 e. The molecular formula is C22H30FNO3S. The monoisotopic (exact) mass is 407 g/mol. The van der Waals surface area contributed by atoms with Crippen LogP contribution in [0.3, 0.4) is 0 Å². The number of halogens is 1. The Balaban J connectivity index is 0.00000190. The summed E-state index contributed by atoms with van der Waals surface area (Å²) in [5, 5.41) is 3.38. The standard InChI is InChI=1S/C20H24FNO3S.C2H6/c1-7-25-19(24)15-12(3)16(17(23)20(4,5)6)26-18(15)22-14-9-8-11(2)10-13(14)21;1-2/h8-10,22H,7H2,1-6H3;1-2H3. The third-order valence-electron chi connectivity index (χ3n) is 3.89. The first kappa shape index (κ1) is 23.8. The van der Waals surface area contributed by atoms with Crippen LogP contribution >= 0.6 is 11.3 Å². The highest BCUT2D eigenvalue weighted by molar-refractivity contribution is 7.18. The number of esters is 1. The number of anilines is 2. The van der Waals surface area contributed by atoms with Crippen LogP contribution in [-0.4, -0.2) is 18.4 Å². The number of thiophene rings is 1. The third kappa shape index (κ3) is 5.41. The van der Waals surface area contributed by atoms with Gasteiger partial charge in [0, 0.05) is 5.41 Å². The van der Waals surface area contributed by atoms with Gasteiger partial charge < -0.3 is 10.1 Å². The molecule has 0 fully saturated rings. The summed E-state index contributed by atoms with van der Waals surface area (Å²) in [5.41, 5.74) is 1.29. The van der Waals surface area contributed by atoms with E-state index < -0.39 is 17.2 Å². The number of benzene rings is 1. The van der Waals surface area contributed by atoms with Gasteiger partial charge in [0.25, 0.3) is 0 Å². The van der Waals surface area contributed by atoms with Crippen LogP contribution in [0.15, 0.2) is 18.2 Å². The molecule has 1 N–H and O–H groups in total. The first-order valence-corrected chi connectivity index (χ1v) is 10.3. The van der Waals surface area contributed by atoms with Gasteiger partial charge >= 0.3 is 5.97 Å². The molecule has 0 radical (unpaired) electrons. The zero-order valence-corrected chi connectivity index (χ0v) is 18.8. The molecule has 2 rings (SSSR count). The number of hydrogen-bond donors (Lipinski definition) is 1. The average Bonchev–Trinajstić information content (AvgIpc) is 2.94. The smallest absolute Gasteiger partial charge is 0.341 e. The topological polar surface area (TPSA) is 55.4 Å². The van der Waals surface area contributed by atoms with Crippen molar-refractivity contribution in [3.63, 3.8) is 0 Å². The van der Waals surface area contributed by atoms with Gasteiger partial charge in [0.15, 0.2) is 5.78 Å². The molecule has 0 amide bonds. The van der Waals surface area contributed by atoms with Crippen LogP contribution in [0.2, 0.25) is 0 Å².